The van der Waals surface area contributed by atoms with Gasteiger partial charge < -0.3 is 20.6 Å². The fourth-order valence-electron chi connectivity index (χ4n) is 3.16. The van der Waals surface area contributed by atoms with Crippen LogP contribution in [0.15, 0.2) is 24.3 Å². The number of hydrogen-bond donors (Lipinski definition) is 3. The number of amides is 1. The minimum atomic E-state index is -0.311. The van der Waals surface area contributed by atoms with Gasteiger partial charge in [-0.2, -0.15) is 0 Å². The Morgan fingerprint density at radius 2 is 1.91 bits per heavy atom. The van der Waals surface area contributed by atoms with Gasteiger partial charge in [0.1, 0.15) is 0 Å². The molecule has 1 amide bonds. The Bertz CT molecular complexity index is 515. The third kappa shape index (κ3) is 3.60. The van der Waals surface area contributed by atoms with Gasteiger partial charge in [0.15, 0.2) is 0 Å². The normalized spacial score (nSPS) is 26.4. The second-order valence-electron chi connectivity index (χ2n) is 6.07. The summed E-state index contributed by atoms with van der Waals surface area (Å²) in [5, 5.41) is 17.2. The molecule has 0 aromatic heterocycles. The molecule has 0 aliphatic carbocycles. The topological polar surface area (TPSA) is 64.6 Å². The van der Waals surface area contributed by atoms with E-state index in [4.69, 9.17) is 11.6 Å². The summed E-state index contributed by atoms with van der Waals surface area (Å²) in [5.41, 5.74) is 0.686. The lowest BCUT2D eigenvalue weighted by Gasteiger charge is -2.34. The van der Waals surface area contributed by atoms with Gasteiger partial charge in [-0.05, 0) is 37.1 Å². The molecule has 2 aliphatic heterocycles. The van der Waals surface area contributed by atoms with E-state index < -0.39 is 0 Å². The van der Waals surface area contributed by atoms with Gasteiger partial charge in [0.2, 0.25) is 0 Å². The first-order chi connectivity index (χ1) is 10.6. The number of carbonyl (C=O) groups is 1. The minimum Gasteiger partial charge on any atom is -0.390 e. The molecule has 3 rings (SSSR count). The minimum absolute atomic E-state index is 0.0673. The molecule has 0 radical (unpaired) electrons. The largest absolute Gasteiger partial charge is 0.390 e. The second-order valence-corrected chi connectivity index (χ2v) is 6.51. The third-order valence-electron chi connectivity index (χ3n) is 4.51. The summed E-state index contributed by atoms with van der Waals surface area (Å²) in [6.07, 6.45) is 1.53. The van der Waals surface area contributed by atoms with Gasteiger partial charge in [-0.25, -0.2) is 0 Å². The quantitative estimate of drug-likeness (QED) is 0.772. The average molecular weight is 324 g/mol. The number of rotatable bonds is 3. The van der Waals surface area contributed by atoms with Crippen LogP contribution in [0, 0.1) is 0 Å². The van der Waals surface area contributed by atoms with Crippen LogP contribution >= 0.6 is 11.6 Å². The SMILES string of the molecule is O=C(c1ccc(Cl)cc1)N1CCC(N[C@@H]2CNC[C@H]2O)CC1. The van der Waals surface area contributed by atoms with E-state index in [1.165, 1.54) is 0 Å². The molecular weight excluding hydrogens is 302 g/mol. The van der Waals surface area contributed by atoms with Crippen molar-refractivity contribution in [2.45, 2.75) is 31.0 Å². The van der Waals surface area contributed by atoms with Crippen molar-refractivity contribution in [2.75, 3.05) is 26.2 Å². The molecule has 0 saturated carbocycles. The number of piperidine rings is 1. The highest BCUT2D eigenvalue weighted by Crippen LogP contribution is 2.17. The lowest BCUT2D eigenvalue weighted by molar-refractivity contribution is 0.0691. The molecule has 2 heterocycles. The van der Waals surface area contributed by atoms with Gasteiger partial charge in [0.05, 0.1) is 6.10 Å². The van der Waals surface area contributed by atoms with Crippen molar-refractivity contribution in [3.8, 4) is 0 Å². The van der Waals surface area contributed by atoms with Gasteiger partial charge in [-0.1, -0.05) is 11.6 Å². The van der Waals surface area contributed by atoms with E-state index in [-0.39, 0.29) is 18.1 Å². The predicted octanol–water partition coefficient (Wildman–Crippen LogP) is 0.867. The first-order valence-electron chi connectivity index (χ1n) is 7.83. The molecule has 2 saturated heterocycles. The molecular formula is C16H22ClN3O2. The van der Waals surface area contributed by atoms with Crippen LogP contribution in [0.4, 0.5) is 0 Å². The first kappa shape index (κ1) is 15.7. The van der Waals surface area contributed by atoms with Crippen molar-refractivity contribution in [1.29, 1.82) is 0 Å². The molecule has 1 aromatic rings. The van der Waals surface area contributed by atoms with Crippen LogP contribution in [-0.4, -0.2) is 60.3 Å². The molecule has 0 bridgehead atoms. The van der Waals surface area contributed by atoms with Crippen molar-refractivity contribution in [3.63, 3.8) is 0 Å². The van der Waals surface area contributed by atoms with Gasteiger partial charge in [0, 0.05) is 48.8 Å². The van der Waals surface area contributed by atoms with Crippen LogP contribution in [0.1, 0.15) is 23.2 Å². The zero-order chi connectivity index (χ0) is 15.5. The lowest BCUT2D eigenvalue weighted by Crippen LogP contribution is -2.50. The molecule has 3 N–H and O–H groups in total. The van der Waals surface area contributed by atoms with Crippen LogP contribution < -0.4 is 10.6 Å². The monoisotopic (exact) mass is 323 g/mol. The Hall–Kier alpha value is -1.14. The maximum Gasteiger partial charge on any atom is 0.253 e. The van der Waals surface area contributed by atoms with Crippen molar-refractivity contribution < 1.29 is 9.90 Å². The summed E-state index contributed by atoms with van der Waals surface area (Å²) in [6, 6.07) is 7.54. The average Bonchev–Trinajstić information content (AvgIpc) is 2.93. The lowest BCUT2D eigenvalue weighted by atomic mass is 10.0. The Balaban J connectivity index is 1.50. The number of likely N-dealkylation sites (tertiary alicyclic amines) is 1. The molecule has 0 spiro atoms. The highest BCUT2D eigenvalue weighted by molar-refractivity contribution is 6.30. The predicted molar refractivity (Wildman–Crippen MR) is 86.2 cm³/mol. The maximum atomic E-state index is 12.4. The number of aliphatic hydroxyl groups is 1. The van der Waals surface area contributed by atoms with E-state index in [9.17, 15) is 9.90 Å². The summed E-state index contributed by atoms with van der Waals surface area (Å²) in [4.78, 5) is 14.3. The number of benzene rings is 1. The molecule has 2 aliphatic rings. The third-order valence-corrected chi connectivity index (χ3v) is 4.76. The number of nitrogens with zero attached hydrogens (tertiary/aromatic N) is 1. The fourth-order valence-corrected chi connectivity index (χ4v) is 3.29. The van der Waals surface area contributed by atoms with E-state index in [1.54, 1.807) is 24.3 Å². The smallest absolute Gasteiger partial charge is 0.253 e. The first-order valence-corrected chi connectivity index (χ1v) is 8.21. The molecule has 2 atom stereocenters. The summed E-state index contributed by atoms with van der Waals surface area (Å²) >= 11 is 5.86. The maximum absolute atomic E-state index is 12.4. The molecule has 6 heteroatoms. The summed E-state index contributed by atoms with van der Waals surface area (Å²) in [5.74, 6) is 0.0673. The standard InChI is InChI=1S/C16H22ClN3O2/c17-12-3-1-11(2-4-12)16(22)20-7-5-13(6-8-20)19-14-9-18-10-15(14)21/h1-4,13-15,18-19,21H,5-10H2/t14-,15-/m1/s1. The number of hydrogen-bond acceptors (Lipinski definition) is 4. The molecule has 2 fully saturated rings. The van der Waals surface area contributed by atoms with E-state index >= 15 is 0 Å². The van der Waals surface area contributed by atoms with Crippen LogP contribution in [0.5, 0.6) is 0 Å². The molecule has 22 heavy (non-hydrogen) atoms. The summed E-state index contributed by atoms with van der Waals surface area (Å²) in [6.45, 7) is 2.96. The molecule has 5 nitrogen and oxygen atoms in total. The number of nitrogens with one attached hydrogen (secondary N) is 2. The van der Waals surface area contributed by atoms with Gasteiger partial charge in [-0.3, -0.25) is 4.79 Å². The fraction of sp³-hybridized carbons (Fsp3) is 0.562. The second kappa shape index (κ2) is 6.96. The Kier molecular flexibility index (Phi) is 4.98. The van der Waals surface area contributed by atoms with E-state index in [0.717, 1.165) is 32.5 Å². The highest BCUT2D eigenvalue weighted by Gasteiger charge is 2.29. The van der Waals surface area contributed by atoms with Crippen molar-refractivity contribution in [1.82, 2.24) is 15.5 Å². The summed E-state index contributed by atoms with van der Waals surface area (Å²) in [7, 11) is 0. The highest BCUT2D eigenvalue weighted by atomic mass is 35.5. The zero-order valence-electron chi connectivity index (χ0n) is 12.5. The molecule has 120 valence electrons. The van der Waals surface area contributed by atoms with Gasteiger partial charge in [0.25, 0.3) is 5.91 Å². The van der Waals surface area contributed by atoms with E-state index in [1.807, 2.05) is 4.90 Å². The van der Waals surface area contributed by atoms with Gasteiger partial charge in [-0.15, -0.1) is 0 Å². The van der Waals surface area contributed by atoms with Crippen molar-refractivity contribution >= 4 is 17.5 Å². The number of aliphatic hydroxyl groups excluding tert-OH is 1. The van der Waals surface area contributed by atoms with Crippen LogP contribution in [0.3, 0.4) is 0 Å². The zero-order valence-corrected chi connectivity index (χ0v) is 13.2. The van der Waals surface area contributed by atoms with Gasteiger partial charge >= 0.3 is 0 Å². The van der Waals surface area contributed by atoms with E-state index in [0.29, 0.717) is 23.2 Å². The summed E-state index contributed by atoms with van der Waals surface area (Å²) < 4.78 is 0. The molecule has 0 unspecified atom stereocenters. The Morgan fingerprint density at radius 1 is 1.23 bits per heavy atom. The number of carbonyl (C=O) groups excluding carboxylic acids is 1. The molecule has 1 aromatic carbocycles. The van der Waals surface area contributed by atoms with Crippen molar-refractivity contribution in [3.05, 3.63) is 34.9 Å². The Labute approximate surface area is 135 Å². The number of β-amino-alcohol motifs (C(OH)–C–C–N with tert-alkyl or cyclic N) is 1. The van der Waals surface area contributed by atoms with E-state index in [2.05, 4.69) is 10.6 Å². The number of halogens is 1. The van der Waals surface area contributed by atoms with Crippen LogP contribution in [0.25, 0.3) is 0 Å². The van der Waals surface area contributed by atoms with Crippen LogP contribution in [-0.2, 0) is 0 Å². The Morgan fingerprint density at radius 3 is 2.50 bits per heavy atom. The van der Waals surface area contributed by atoms with Crippen molar-refractivity contribution in [2.24, 2.45) is 0 Å². The van der Waals surface area contributed by atoms with Crippen LogP contribution in [0.2, 0.25) is 5.02 Å².